The van der Waals surface area contributed by atoms with Crippen LogP contribution in [0.3, 0.4) is 0 Å². The third kappa shape index (κ3) is 2.14. The van der Waals surface area contributed by atoms with E-state index in [0.717, 1.165) is 11.1 Å². The summed E-state index contributed by atoms with van der Waals surface area (Å²) in [4.78, 5) is 3.94. The highest BCUT2D eigenvalue weighted by molar-refractivity contribution is 5.34. The van der Waals surface area contributed by atoms with Crippen LogP contribution in [0.15, 0.2) is 48.7 Å². The number of aliphatic hydroxyl groups excluding tert-OH is 1. The Labute approximate surface area is 88.2 Å². The van der Waals surface area contributed by atoms with Gasteiger partial charge >= 0.3 is 0 Å². The maximum atomic E-state index is 10.0. The van der Waals surface area contributed by atoms with Crippen molar-refractivity contribution in [3.8, 4) is 0 Å². The molecule has 2 rings (SSSR count). The molecule has 0 radical (unpaired) electrons. The van der Waals surface area contributed by atoms with Crippen LogP contribution in [0, 0.1) is 0 Å². The number of hydrogen-bond acceptors (Lipinski definition) is 3. The highest BCUT2D eigenvalue weighted by Gasteiger charge is 2.09. The van der Waals surface area contributed by atoms with E-state index >= 15 is 0 Å². The second kappa shape index (κ2) is 4.11. The van der Waals surface area contributed by atoms with Gasteiger partial charge in [0.2, 0.25) is 0 Å². The first-order valence-electron chi connectivity index (χ1n) is 4.72. The van der Waals surface area contributed by atoms with Gasteiger partial charge in [0.25, 0.3) is 0 Å². The largest absolute Gasteiger partial charge is 0.384 e. The summed E-state index contributed by atoms with van der Waals surface area (Å²) in [5, 5.41) is 10.0. The third-order valence-electron chi connectivity index (χ3n) is 2.24. The van der Waals surface area contributed by atoms with E-state index in [2.05, 4.69) is 4.98 Å². The molecule has 0 amide bonds. The van der Waals surface area contributed by atoms with Crippen LogP contribution >= 0.6 is 0 Å². The fourth-order valence-electron chi connectivity index (χ4n) is 1.41. The lowest BCUT2D eigenvalue weighted by molar-refractivity contribution is 0.220. The summed E-state index contributed by atoms with van der Waals surface area (Å²) in [6.45, 7) is 0. The van der Waals surface area contributed by atoms with Crippen molar-refractivity contribution in [2.75, 3.05) is 5.73 Å². The highest BCUT2D eigenvalue weighted by Crippen LogP contribution is 2.20. The predicted octanol–water partition coefficient (Wildman–Crippen LogP) is 1.75. The second-order valence-corrected chi connectivity index (χ2v) is 3.33. The van der Waals surface area contributed by atoms with E-state index in [1.807, 2.05) is 30.3 Å². The highest BCUT2D eigenvalue weighted by atomic mass is 16.3. The first kappa shape index (κ1) is 9.68. The molecule has 0 spiro atoms. The molecule has 0 unspecified atom stereocenters. The molecule has 0 aliphatic heterocycles. The number of benzene rings is 1. The molecule has 0 saturated heterocycles. The number of nitrogen functional groups attached to an aromatic ring is 1. The average molecular weight is 200 g/mol. The minimum Gasteiger partial charge on any atom is -0.384 e. The Morgan fingerprint density at radius 1 is 1.00 bits per heavy atom. The predicted molar refractivity (Wildman–Crippen MR) is 59.2 cm³/mol. The molecule has 3 N–H and O–H groups in total. The summed E-state index contributed by atoms with van der Waals surface area (Å²) in [7, 11) is 0. The zero-order chi connectivity index (χ0) is 10.7. The molecule has 1 atom stereocenters. The quantitative estimate of drug-likeness (QED) is 0.776. The zero-order valence-electron chi connectivity index (χ0n) is 8.17. The fourth-order valence-corrected chi connectivity index (χ4v) is 1.41. The van der Waals surface area contributed by atoms with Crippen molar-refractivity contribution in [1.82, 2.24) is 4.98 Å². The van der Waals surface area contributed by atoms with Crippen LogP contribution in [0.4, 0.5) is 5.82 Å². The maximum Gasteiger partial charge on any atom is 0.123 e. The van der Waals surface area contributed by atoms with Crippen LogP contribution in [0.5, 0.6) is 0 Å². The number of aromatic nitrogens is 1. The first-order valence-corrected chi connectivity index (χ1v) is 4.72. The molecular formula is C12H12N2O. The SMILES string of the molecule is Nc1ccc([C@H](O)c2ccccc2)cn1. The van der Waals surface area contributed by atoms with Crippen LogP contribution in [-0.4, -0.2) is 10.1 Å². The van der Waals surface area contributed by atoms with Gasteiger partial charge in [-0.05, 0) is 11.6 Å². The minimum atomic E-state index is -0.640. The standard InChI is InChI=1S/C12H12N2O/c13-11-7-6-10(8-14-11)12(15)9-4-2-1-3-5-9/h1-8,12,15H,(H2,13,14)/t12-/m1/s1. The van der Waals surface area contributed by atoms with Crippen molar-refractivity contribution in [2.24, 2.45) is 0 Å². The lowest BCUT2D eigenvalue weighted by atomic mass is 10.0. The Kier molecular flexibility index (Phi) is 2.65. The van der Waals surface area contributed by atoms with Crippen LogP contribution < -0.4 is 5.73 Å². The normalized spacial score (nSPS) is 12.3. The van der Waals surface area contributed by atoms with E-state index in [-0.39, 0.29) is 0 Å². The summed E-state index contributed by atoms with van der Waals surface area (Å²) in [5.41, 5.74) is 7.07. The van der Waals surface area contributed by atoms with Crippen LogP contribution in [-0.2, 0) is 0 Å². The monoisotopic (exact) mass is 200 g/mol. The van der Waals surface area contributed by atoms with Crippen LogP contribution in [0.25, 0.3) is 0 Å². The molecule has 0 fully saturated rings. The molecule has 0 aliphatic carbocycles. The van der Waals surface area contributed by atoms with E-state index in [1.165, 1.54) is 0 Å². The Balaban J connectivity index is 2.29. The van der Waals surface area contributed by atoms with Gasteiger partial charge in [0, 0.05) is 11.8 Å². The van der Waals surface area contributed by atoms with Crippen molar-refractivity contribution in [3.05, 3.63) is 59.8 Å². The van der Waals surface area contributed by atoms with Crippen LogP contribution in [0.1, 0.15) is 17.2 Å². The molecule has 1 heterocycles. The van der Waals surface area contributed by atoms with Gasteiger partial charge in [-0.2, -0.15) is 0 Å². The summed E-state index contributed by atoms with van der Waals surface area (Å²) >= 11 is 0. The maximum absolute atomic E-state index is 10.0. The van der Waals surface area contributed by atoms with E-state index in [1.54, 1.807) is 18.3 Å². The zero-order valence-corrected chi connectivity index (χ0v) is 8.17. The number of pyridine rings is 1. The summed E-state index contributed by atoms with van der Waals surface area (Å²) in [6.07, 6.45) is 0.951. The summed E-state index contributed by atoms with van der Waals surface area (Å²) in [6, 6.07) is 12.9. The van der Waals surface area contributed by atoms with Crippen molar-refractivity contribution in [3.63, 3.8) is 0 Å². The molecular weight excluding hydrogens is 188 g/mol. The molecule has 15 heavy (non-hydrogen) atoms. The molecule has 0 aliphatic rings. The van der Waals surface area contributed by atoms with Gasteiger partial charge in [-0.25, -0.2) is 4.98 Å². The van der Waals surface area contributed by atoms with Crippen molar-refractivity contribution in [2.45, 2.75) is 6.10 Å². The van der Waals surface area contributed by atoms with Crippen molar-refractivity contribution < 1.29 is 5.11 Å². The fraction of sp³-hybridized carbons (Fsp3) is 0.0833. The lowest BCUT2D eigenvalue weighted by Gasteiger charge is -2.10. The lowest BCUT2D eigenvalue weighted by Crippen LogP contribution is -2.00. The number of rotatable bonds is 2. The van der Waals surface area contributed by atoms with E-state index in [4.69, 9.17) is 5.73 Å². The molecule has 0 saturated carbocycles. The van der Waals surface area contributed by atoms with Gasteiger partial charge in [-0.1, -0.05) is 36.4 Å². The number of aliphatic hydroxyl groups is 1. The number of nitrogens with zero attached hydrogens (tertiary/aromatic N) is 1. The van der Waals surface area contributed by atoms with Gasteiger partial charge in [0.1, 0.15) is 11.9 Å². The Morgan fingerprint density at radius 3 is 2.33 bits per heavy atom. The second-order valence-electron chi connectivity index (χ2n) is 3.33. The van der Waals surface area contributed by atoms with Gasteiger partial charge in [-0.15, -0.1) is 0 Å². The molecule has 0 bridgehead atoms. The molecule has 1 aromatic carbocycles. The summed E-state index contributed by atoms with van der Waals surface area (Å²) < 4.78 is 0. The number of hydrogen-bond donors (Lipinski definition) is 2. The topological polar surface area (TPSA) is 59.1 Å². The number of nitrogens with two attached hydrogens (primary N) is 1. The Morgan fingerprint density at radius 2 is 1.73 bits per heavy atom. The Hall–Kier alpha value is -1.87. The van der Waals surface area contributed by atoms with Gasteiger partial charge < -0.3 is 10.8 Å². The van der Waals surface area contributed by atoms with Gasteiger partial charge in [0.15, 0.2) is 0 Å². The number of anilines is 1. The van der Waals surface area contributed by atoms with E-state index < -0.39 is 6.10 Å². The van der Waals surface area contributed by atoms with Crippen molar-refractivity contribution in [1.29, 1.82) is 0 Å². The van der Waals surface area contributed by atoms with E-state index in [0.29, 0.717) is 5.82 Å². The van der Waals surface area contributed by atoms with Crippen LogP contribution in [0.2, 0.25) is 0 Å². The van der Waals surface area contributed by atoms with Crippen molar-refractivity contribution >= 4 is 5.82 Å². The Bertz CT molecular complexity index is 425. The molecule has 1 aromatic heterocycles. The van der Waals surface area contributed by atoms with Gasteiger partial charge in [0.05, 0.1) is 0 Å². The third-order valence-corrected chi connectivity index (χ3v) is 2.24. The summed E-state index contributed by atoms with van der Waals surface area (Å²) in [5.74, 6) is 0.457. The smallest absolute Gasteiger partial charge is 0.123 e. The molecule has 76 valence electrons. The minimum absolute atomic E-state index is 0.457. The molecule has 3 nitrogen and oxygen atoms in total. The molecule has 2 aromatic rings. The van der Waals surface area contributed by atoms with E-state index in [9.17, 15) is 5.11 Å². The molecule has 3 heteroatoms. The first-order chi connectivity index (χ1) is 7.27. The average Bonchev–Trinajstić information content (AvgIpc) is 2.30. The van der Waals surface area contributed by atoms with Gasteiger partial charge in [-0.3, -0.25) is 0 Å².